The molecule has 0 bridgehead atoms. The van der Waals surface area contributed by atoms with E-state index in [0.717, 1.165) is 6.07 Å². The Morgan fingerprint density at radius 3 is 2.50 bits per heavy atom. The van der Waals surface area contributed by atoms with Crippen molar-refractivity contribution in [3.8, 4) is 0 Å². The number of hydrogen-bond acceptors (Lipinski definition) is 2. The number of halogens is 3. The quantitative estimate of drug-likeness (QED) is 0.819. The van der Waals surface area contributed by atoms with Crippen molar-refractivity contribution < 1.29 is 17.9 Å². The lowest BCUT2D eigenvalue weighted by Gasteiger charge is -2.35. The van der Waals surface area contributed by atoms with Gasteiger partial charge in [-0.3, -0.25) is 4.79 Å². The maximum absolute atomic E-state index is 12.7. The molecule has 1 aromatic heterocycles. The Balaban J connectivity index is 2.38. The first-order valence-electron chi connectivity index (χ1n) is 5.65. The Kier molecular flexibility index (Phi) is 3.23. The first kappa shape index (κ1) is 13.1. The fourth-order valence-electron chi connectivity index (χ4n) is 2.18. The molecule has 0 amide bonds. The van der Waals surface area contributed by atoms with Gasteiger partial charge in [-0.25, -0.2) is 0 Å². The van der Waals surface area contributed by atoms with Gasteiger partial charge in [-0.15, -0.1) is 0 Å². The molecule has 1 saturated carbocycles. The zero-order valence-electron chi connectivity index (χ0n) is 10.1. The summed E-state index contributed by atoms with van der Waals surface area (Å²) in [6.07, 6.45) is -1.92. The third-order valence-corrected chi connectivity index (χ3v) is 3.28. The Labute approximate surface area is 102 Å². The molecular weight excluding hydrogens is 247 g/mol. The van der Waals surface area contributed by atoms with Crippen molar-refractivity contribution in [1.29, 1.82) is 0 Å². The Bertz CT molecular complexity index is 501. The van der Waals surface area contributed by atoms with E-state index in [1.165, 1.54) is 10.8 Å². The number of aryl methyl sites for hydroxylation is 1. The fourth-order valence-corrected chi connectivity index (χ4v) is 2.18. The highest BCUT2D eigenvalue weighted by Crippen LogP contribution is 2.34. The minimum Gasteiger partial charge on any atom is -0.381 e. The summed E-state index contributed by atoms with van der Waals surface area (Å²) in [6.45, 7) is 1.55. The number of pyridine rings is 1. The van der Waals surface area contributed by atoms with Gasteiger partial charge in [-0.2, -0.15) is 13.2 Å². The van der Waals surface area contributed by atoms with Gasteiger partial charge in [0.05, 0.1) is 6.10 Å². The summed E-state index contributed by atoms with van der Waals surface area (Å²) in [6, 6.07) is 0.703. The molecule has 0 saturated heterocycles. The normalized spacial score (nSPS) is 23.8. The van der Waals surface area contributed by atoms with Crippen LogP contribution in [-0.2, 0) is 10.9 Å². The van der Waals surface area contributed by atoms with Crippen molar-refractivity contribution in [2.45, 2.75) is 38.1 Å². The van der Waals surface area contributed by atoms with Crippen molar-refractivity contribution in [3.05, 3.63) is 33.7 Å². The van der Waals surface area contributed by atoms with Crippen LogP contribution in [0.4, 0.5) is 13.2 Å². The SMILES string of the molecule is COC1CC(n2cc(C)cc(C(F)(F)F)c2=O)C1. The van der Waals surface area contributed by atoms with E-state index in [1.807, 2.05) is 0 Å². The lowest BCUT2D eigenvalue weighted by molar-refractivity contribution is -0.139. The second-order valence-corrected chi connectivity index (χ2v) is 4.62. The van der Waals surface area contributed by atoms with Crippen LogP contribution >= 0.6 is 0 Å². The van der Waals surface area contributed by atoms with Crippen LogP contribution in [0.3, 0.4) is 0 Å². The summed E-state index contributed by atoms with van der Waals surface area (Å²) in [5.41, 5.74) is -1.63. The molecule has 2 rings (SSSR count). The van der Waals surface area contributed by atoms with Crippen molar-refractivity contribution in [3.63, 3.8) is 0 Å². The van der Waals surface area contributed by atoms with Crippen LogP contribution in [-0.4, -0.2) is 17.8 Å². The summed E-state index contributed by atoms with van der Waals surface area (Å²) in [7, 11) is 1.56. The summed E-state index contributed by atoms with van der Waals surface area (Å²) < 4.78 is 44.4. The van der Waals surface area contributed by atoms with Gasteiger partial charge >= 0.3 is 6.18 Å². The lowest BCUT2D eigenvalue weighted by Crippen LogP contribution is -2.39. The van der Waals surface area contributed by atoms with Gasteiger partial charge in [0.2, 0.25) is 0 Å². The molecule has 0 radical (unpaired) electrons. The van der Waals surface area contributed by atoms with Crippen molar-refractivity contribution >= 4 is 0 Å². The minimum absolute atomic E-state index is 0.0387. The molecule has 0 atom stereocenters. The Morgan fingerprint density at radius 1 is 1.39 bits per heavy atom. The number of methoxy groups -OCH3 is 1. The van der Waals surface area contributed by atoms with Crippen molar-refractivity contribution in [1.82, 2.24) is 4.57 Å². The van der Waals surface area contributed by atoms with Crippen LogP contribution in [0.1, 0.15) is 30.0 Å². The van der Waals surface area contributed by atoms with Crippen molar-refractivity contribution in [2.75, 3.05) is 7.11 Å². The van der Waals surface area contributed by atoms with E-state index >= 15 is 0 Å². The number of aromatic nitrogens is 1. The van der Waals surface area contributed by atoms with E-state index in [1.54, 1.807) is 14.0 Å². The number of rotatable bonds is 2. The number of nitrogens with zero attached hydrogens (tertiary/aromatic N) is 1. The molecule has 0 unspecified atom stereocenters. The molecule has 0 aliphatic heterocycles. The van der Waals surface area contributed by atoms with Crippen LogP contribution in [0.2, 0.25) is 0 Å². The highest BCUT2D eigenvalue weighted by Gasteiger charge is 2.37. The average Bonchev–Trinajstić information content (AvgIpc) is 2.19. The standard InChI is InChI=1S/C12H14F3NO2/c1-7-3-10(12(13,14)15)11(17)16(6-7)8-4-9(5-8)18-2/h3,6,8-9H,4-5H2,1-2H3. The monoisotopic (exact) mass is 261 g/mol. The van der Waals surface area contributed by atoms with E-state index in [0.29, 0.717) is 18.4 Å². The summed E-state index contributed by atoms with van der Waals surface area (Å²) in [5, 5.41) is 0. The zero-order chi connectivity index (χ0) is 13.5. The third kappa shape index (κ3) is 2.29. The van der Waals surface area contributed by atoms with Gasteiger partial charge in [-0.05, 0) is 31.4 Å². The summed E-state index contributed by atoms with van der Waals surface area (Å²) >= 11 is 0. The van der Waals surface area contributed by atoms with Crippen LogP contribution in [0.5, 0.6) is 0 Å². The molecule has 1 heterocycles. The van der Waals surface area contributed by atoms with Gasteiger partial charge in [0, 0.05) is 19.3 Å². The highest BCUT2D eigenvalue weighted by atomic mass is 19.4. The van der Waals surface area contributed by atoms with Crippen LogP contribution in [0.25, 0.3) is 0 Å². The van der Waals surface area contributed by atoms with E-state index in [-0.39, 0.29) is 12.1 Å². The van der Waals surface area contributed by atoms with E-state index in [2.05, 4.69) is 0 Å². The van der Waals surface area contributed by atoms with Gasteiger partial charge in [-0.1, -0.05) is 0 Å². The molecule has 0 aromatic carbocycles. The maximum Gasteiger partial charge on any atom is 0.421 e. The van der Waals surface area contributed by atoms with E-state index in [9.17, 15) is 18.0 Å². The van der Waals surface area contributed by atoms with E-state index in [4.69, 9.17) is 4.74 Å². The first-order valence-corrected chi connectivity index (χ1v) is 5.65. The third-order valence-electron chi connectivity index (χ3n) is 3.28. The van der Waals surface area contributed by atoms with Gasteiger partial charge < -0.3 is 9.30 Å². The Morgan fingerprint density at radius 2 is 2.00 bits per heavy atom. The predicted octanol–water partition coefficient (Wildman–Crippen LogP) is 2.53. The molecule has 100 valence electrons. The van der Waals surface area contributed by atoms with Crippen LogP contribution in [0, 0.1) is 6.92 Å². The summed E-state index contributed by atoms with van der Waals surface area (Å²) in [4.78, 5) is 11.8. The molecule has 1 aromatic rings. The molecule has 0 N–H and O–H groups in total. The smallest absolute Gasteiger partial charge is 0.381 e. The topological polar surface area (TPSA) is 31.2 Å². The second kappa shape index (κ2) is 4.42. The van der Waals surface area contributed by atoms with Gasteiger partial charge in [0.1, 0.15) is 5.56 Å². The number of alkyl halides is 3. The molecule has 0 spiro atoms. The molecule has 6 heteroatoms. The van der Waals surface area contributed by atoms with Crippen molar-refractivity contribution in [2.24, 2.45) is 0 Å². The molecule has 1 aliphatic rings. The minimum atomic E-state index is -4.60. The van der Waals surface area contributed by atoms with Gasteiger partial charge in [0.25, 0.3) is 5.56 Å². The second-order valence-electron chi connectivity index (χ2n) is 4.62. The predicted molar refractivity (Wildman–Crippen MR) is 59.5 cm³/mol. The number of ether oxygens (including phenoxy) is 1. The van der Waals surface area contributed by atoms with Crippen LogP contribution < -0.4 is 5.56 Å². The molecule has 3 nitrogen and oxygen atoms in total. The largest absolute Gasteiger partial charge is 0.421 e. The molecular formula is C12H14F3NO2. The maximum atomic E-state index is 12.7. The average molecular weight is 261 g/mol. The molecule has 1 fully saturated rings. The fraction of sp³-hybridized carbons (Fsp3) is 0.583. The Hall–Kier alpha value is -1.30. The summed E-state index contributed by atoms with van der Waals surface area (Å²) in [5.74, 6) is 0. The molecule has 1 aliphatic carbocycles. The van der Waals surface area contributed by atoms with Gasteiger partial charge in [0.15, 0.2) is 0 Å². The van der Waals surface area contributed by atoms with E-state index < -0.39 is 17.3 Å². The first-order chi connectivity index (χ1) is 8.32. The highest BCUT2D eigenvalue weighted by molar-refractivity contribution is 5.21. The zero-order valence-corrected chi connectivity index (χ0v) is 10.1. The van der Waals surface area contributed by atoms with Crippen LogP contribution in [0.15, 0.2) is 17.1 Å². The lowest BCUT2D eigenvalue weighted by atomic mass is 9.88. The molecule has 18 heavy (non-hydrogen) atoms. The number of hydrogen-bond donors (Lipinski definition) is 0.